The number of ether oxygens (including phenoxy) is 1. The molecule has 5 nitrogen and oxygen atoms in total. The van der Waals surface area contributed by atoms with Crippen LogP contribution in [-0.4, -0.2) is 48.4 Å². The van der Waals surface area contributed by atoms with E-state index in [1.54, 1.807) is 24.3 Å². The van der Waals surface area contributed by atoms with E-state index in [9.17, 15) is 9.59 Å². The summed E-state index contributed by atoms with van der Waals surface area (Å²) in [6.07, 6.45) is 2.45. The molecule has 0 aromatic heterocycles. The molecule has 1 amide bonds. The van der Waals surface area contributed by atoms with E-state index in [2.05, 4.69) is 24.1 Å². The number of carbonyl (C=O) groups excluding carboxylic acids is 2. The molecule has 25 heavy (non-hydrogen) atoms. The molecule has 0 bridgehead atoms. The summed E-state index contributed by atoms with van der Waals surface area (Å²) < 4.78 is 5.37. The van der Waals surface area contributed by atoms with Gasteiger partial charge >= 0.3 is 0 Å². The molecule has 0 aliphatic carbocycles. The second kappa shape index (κ2) is 9.56. The average molecular weight is 346 g/mol. The van der Waals surface area contributed by atoms with Crippen molar-refractivity contribution in [2.24, 2.45) is 0 Å². The van der Waals surface area contributed by atoms with E-state index in [0.717, 1.165) is 31.7 Å². The topological polar surface area (TPSA) is 58.6 Å². The summed E-state index contributed by atoms with van der Waals surface area (Å²) >= 11 is 0. The molecule has 0 unspecified atom stereocenters. The summed E-state index contributed by atoms with van der Waals surface area (Å²) in [6, 6.07) is 7.89. The molecule has 138 valence electrons. The zero-order chi connectivity index (χ0) is 18.2. The Bertz CT molecular complexity index is 561. The van der Waals surface area contributed by atoms with Gasteiger partial charge in [0, 0.05) is 43.6 Å². The van der Waals surface area contributed by atoms with Crippen LogP contribution >= 0.6 is 0 Å². The van der Waals surface area contributed by atoms with Crippen molar-refractivity contribution in [2.75, 3.05) is 19.7 Å². The molecule has 1 saturated heterocycles. The van der Waals surface area contributed by atoms with Crippen LogP contribution in [0.25, 0.3) is 0 Å². The van der Waals surface area contributed by atoms with Crippen LogP contribution in [-0.2, 0) is 4.79 Å². The van der Waals surface area contributed by atoms with Crippen molar-refractivity contribution in [2.45, 2.75) is 58.5 Å². The third-order valence-corrected chi connectivity index (χ3v) is 4.69. The van der Waals surface area contributed by atoms with Crippen molar-refractivity contribution in [1.82, 2.24) is 10.2 Å². The maximum absolute atomic E-state index is 12.2. The molecule has 1 aromatic carbocycles. The summed E-state index contributed by atoms with van der Waals surface area (Å²) in [4.78, 5) is 26.7. The Morgan fingerprint density at radius 3 is 2.36 bits per heavy atom. The third-order valence-electron chi connectivity index (χ3n) is 4.69. The summed E-state index contributed by atoms with van der Waals surface area (Å²) in [5.41, 5.74) is 0.626. The van der Waals surface area contributed by atoms with Gasteiger partial charge in [-0.2, -0.15) is 0 Å². The van der Waals surface area contributed by atoms with Gasteiger partial charge in [-0.1, -0.05) is 0 Å². The predicted octanol–water partition coefficient (Wildman–Crippen LogP) is 3.04. The van der Waals surface area contributed by atoms with Gasteiger partial charge in [0.15, 0.2) is 5.78 Å². The third kappa shape index (κ3) is 6.16. The molecule has 1 aliphatic rings. The van der Waals surface area contributed by atoms with Crippen LogP contribution in [0, 0.1) is 0 Å². The molecule has 0 saturated carbocycles. The van der Waals surface area contributed by atoms with Gasteiger partial charge in [0.05, 0.1) is 6.61 Å². The molecular weight excluding hydrogens is 316 g/mol. The van der Waals surface area contributed by atoms with Crippen molar-refractivity contribution in [3.63, 3.8) is 0 Å². The lowest BCUT2D eigenvalue weighted by atomic mass is 10.0. The normalized spacial score (nSPS) is 16.0. The zero-order valence-electron chi connectivity index (χ0n) is 15.6. The second-order valence-corrected chi connectivity index (χ2v) is 6.85. The van der Waals surface area contributed by atoms with Gasteiger partial charge < -0.3 is 15.0 Å². The van der Waals surface area contributed by atoms with Crippen LogP contribution < -0.4 is 10.1 Å². The number of hydrogen-bond donors (Lipinski definition) is 1. The number of rotatable bonds is 8. The molecule has 1 heterocycles. The minimum absolute atomic E-state index is 0.00664. The van der Waals surface area contributed by atoms with Gasteiger partial charge in [-0.05, 0) is 57.9 Å². The second-order valence-electron chi connectivity index (χ2n) is 6.85. The quantitative estimate of drug-likeness (QED) is 0.735. The van der Waals surface area contributed by atoms with Crippen molar-refractivity contribution in [1.29, 1.82) is 0 Å². The monoisotopic (exact) mass is 346 g/mol. The van der Waals surface area contributed by atoms with E-state index in [1.807, 2.05) is 6.92 Å². The number of piperidine rings is 1. The molecule has 0 atom stereocenters. The lowest BCUT2D eigenvalue weighted by Gasteiger charge is -2.34. The summed E-state index contributed by atoms with van der Waals surface area (Å²) in [5.74, 6) is 0.722. The smallest absolute Gasteiger partial charge is 0.220 e. The molecule has 1 N–H and O–H groups in total. The van der Waals surface area contributed by atoms with Gasteiger partial charge in [-0.3, -0.25) is 9.59 Å². The van der Waals surface area contributed by atoms with Gasteiger partial charge in [0.25, 0.3) is 0 Å². The van der Waals surface area contributed by atoms with Crippen LogP contribution in [0.15, 0.2) is 24.3 Å². The molecule has 1 aliphatic heterocycles. The first-order valence-corrected chi connectivity index (χ1v) is 9.29. The van der Waals surface area contributed by atoms with Gasteiger partial charge in [-0.15, -0.1) is 0 Å². The van der Waals surface area contributed by atoms with Gasteiger partial charge in [0.1, 0.15) is 5.75 Å². The van der Waals surface area contributed by atoms with Crippen molar-refractivity contribution in [3.8, 4) is 5.75 Å². The molecular formula is C20H30N2O3. The highest BCUT2D eigenvalue weighted by molar-refractivity contribution is 5.98. The summed E-state index contributed by atoms with van der Waals surface area (Å²) in [7, 11) is 0. The Morgan fingerprint density at radius 1 is 1.16 bits per heavy atom. The SMILES string of the molecule is CCOc1ccc(C(=O)CCC(=O)NC2CCN(C(C)C)CC2)cc1. The van der Waals surface area contributed by atoms with E-state index in [4.69, 9.17) is 4.74 Å². The lowest BCUT2D eigenvalue weighted by molar-refractivity contribution is -0.122. The number of carbonyl (C=O) groups is 2. The lowest BCUT2D eigenvalue weighted by Crippen LogP contribution is -2.46. The Balaban J connectivity index is 1.71. The fourth-order valence-electron chi connectivity index (χ4n) is 3.14. The van der Waals surface area contributed by atoms with Gasteiger partial charge in [-0.25, -0.2) is 0 Å². The van der Waals surface area contributed by atoms with E-state index in [1.165, 1.54) is 0 Å². The van der Waals surface area contributed by atoms with E-state index in [-0.39, 0.29) is 30.6 Å². The number of ketones is 1. The number of nitrogens with one attached hydrogen (secondary N) is 1. The fourth-order valence-corrected chi connectivity index (χ4v) is 3.14. The minimum atomic E-state index is -0.0257. The van der Waals surface area contributed by atoms with E-state index >= 15 is 0 Å². The maximum Gasteiger partial charge on any atom is 0.220 e. The number of Topliss-reactive ketones (excluding diaryl/α,β-unsaturated/α-hetero) is 1. The van der Waals surface area contributed by atoms with Crippen LogP contribution in [0.4, 0.5) is 0 Å². The largest absolute Gasteiger partial charge is 0.494 e. The van der Waals surface area contributed by atoms with Crippen LogP contribution in [0.2, 0.25) is 0 Å². The predicted molar refractivity (Wildman–Crippen MR) is 99.0 cm³/mol. The molecule has 0 spiro atoms. The Kier molecular flexibility index (Phi) is 7.44. The van der Waals surface area contributed by atoms with E-state index < -0.39 is 0 Å². The molecule has 2 rings (SSSR count). The molecule has 1 fully saturated rings. The molecule has 1 aromatic rings. The highest BCUT2D eigenvalue weighted by atomic mass is 16.5. The van der Waals surface area contributed by atoms with Crippen molar-refractivity contribution >= 4 is 11.7 Å². The van der Waals surface area contributed by atoms with Crippen LogP contribution in [0.5, 0.6) is 5.75 Å². The first-order chi connectivity index (χ1) is 12.0. The average Bonchev–Trinajstić information content (AvgIpc) is 2.61. The molecule has 0 radical (unpaired) electrons. The van der Waals surface area contributed by atoms with Gasteiger partial charge in [0.2, 0.25) is 5.91 Å². The Labute approximate surface area is 150 Å². The standard InChI is InChI=1S/C20H30N2O3/c1-4-25-18-7-5-16(6-8-18)19(23)9-10-20(24)21-17-11-13-22(14-12-17)15(2)3/h5-8,15,17H,4,9-14H2,1-3H3,(H,21,24). The number of hydrogen-bond acceptors (Lipinski definition) is 4. The van der Waals surface area contributed by atoms with Crippen molar-refractivity contribution < 1.29 is 14.3 Å². The number of likely N-dealkylation sites (tertiary alicyclic amines) is 1. The first kappa shape index (κ1) is 19.4. The number of amides is 1. The minimum Gasteiger partial charge on any atom is -0.494 e. The number of benzene rings is 1. The summed E-state index contributed by atoms with van der Waals surface area (Å²) in [5, 5.41) is 3.07. The zero-order valence-corrected chi connectivity index (χ0v) is 15.6. The highest BCUT2D eigenvalue weighted by Crippen LogP contribution is 2.15. The summed E-state index contributed by atoms with van der Waals surface area (Å²) in [6.45, 7) is 8.96. The first-order valence-electron chi connectivity index (χ1n) is 9.29. The van der Waals surface area contributed by atoms with Crippen LogP contribution in [0.1, 0.15) is 56.8 Å². The maximum atomic E-state index is 12.2. The Hall–Kier alpha value is -1.88. The molecule has 5 heteroatoms. The van der Waals surface area contributed by atoms with Crippen LogP contribution in [0.3, 0.4) is 0 Å². The van der Waals surface area contributed by atoms with E-state index in [0.29, 0.717) is 18.2 Å². The fraction of sp³-hybridized carbons (Fsp3) is 0.600. The highest BCUT2D eigenvalue weighted by Gasteiger charge is 2.22. The number of nitrogens with zero attached hydrogens (tertiary/aromatic N) is 1. The Morgan fingerprint density at radius 2 is 1.80 bits per heavy atom. The van der Waals surface area contributed by atoms with Crippen molar-refractivity contribution in [3.05, 3.63) is 29.8 Å².